The van der Waals surface area contributed by atoms with Crippen LogP contribution < -0.4 is 11.1 Å². The van der Waals surface area contributed by atoms with Gasteiger partial charge in [0.15, 0.2) is 0 Å². The number of hydrogen-bond acceptors (Lipinski definition) is 2. The molecule has 0 fully saturated rings. The molecule has 1 unspecified atom stereocenters. The fourth-order valence-corrected chi connectivity index (χ4v) is 1.48. The van der Waals surface area contributed by atoms with Gasteiger partial charge in [-0.05, 0) is 12.5 Å². The molecule has 1 aromatic carbocycles. The zero-order valence-corrected chi connectivity index (χ0v) is 9.60. The highest BCUT2D eigenvalue weighted by Gasteiger charge is 2.14. The minimum atomic E-state index is -0.377. The third-order valence-corrected chi connectivity index (χ3v) is 2.28. The highest BCUT2D eigenvalue weighted by Crippen LogP contribution is 2.14. The Balaban J connectivity index is 2.94. The van der Waals surface area contributed by atoms with E-state index in [0.717, 1.165) is 11.1 Å². The largest absolute Gasteiger partial charge is 0.391 e. The van der Waals surface area contributed by atoms with Crippen molar-refractivity contribution < 1.29 is 4.79 Å². The van der Waals surface area contributed by atoms with Crippen LogP contribution in [-0.2, 0) is 4.79 Å². The monoisotopic (exact) mass is 222 g/mol. The second-order valence-corrected chi connectivity index (χ2v) is 3.92. The second-order valence-electron chi connectivity index (χ2n) is 3.45. The molecule has 0 aliphatic rings. The molecule has 1 atom stereocenters. The Labute approximate surface area is 94.7 Å². The number of carbonyl (C=O) groups excluding carboxylic acids is 1. The van der Waals surface area contributed by atoms with E-state index in [-0.39, 0.29) is 16.9 Å². The normalized spacial score (nSPS) is 11.9. The predicted molar refractivity (Wildman–Crippen MR) is 64.5 cm³/mol. The molecule has 0 saturated heterocycles. The molecular formula is C11H14N2OS. The van der Waals surface area contributed by atoms with E-state index in [0.29, 0.717) is 0 Å². The molecule has 15 heavy (non-hydrogen) atoms. The summed E-state index contributed by atoms with van der Waals surface area (Å²) in [6.45, 7) is 3.44. The first-order chi connectivity index (χ1) is 7.00. The minimum Gasteiger partial charge on any atom is -0.391 e. The van der Waals surface area contributed by atoms with Crippen molar-refractivity contribution in [1.29, 1.82) is 0 Å². The first-order valence-corrected chi connectivity index (χ1v) is 5.04. The molecule has 0 saturated carbocycles. The summed E-state index contributed by atoms with van der Waals surface area (Å²) >= 11 is 4.91. The Hall–Kier alpha value is -1.42. The van der Waals surface area contributed by atoms with Gasteiger partial charge in [0.2, 0.25) is 5.91 Å². The number of aryl methyl sites for hydroxylation is 1. The Kier molecular flexibility index (Phi) is 3.80. The lowest BCUT2D eigenvalue weighted by Gasteiger charge is -2.16. The number of nitrogens with two attached hydrogens (primary N) is 1. The fraction of sp³-hybridized carbons (Fsp3) is 0.273. The lowest BCUT2D eigenvalue weighted by atomic mass is 10.1. The Bertz CT molecular complexity index is 373. The van der Waals surface area contributed by atoms with Crippen molar-refractivity contribution in [1.82, 2.24) is 5.32 Å². The quantitative estimate of drug-likeness (QED) is 0.761. The van der Waals surface area contributed by atoms with Crippen LogP contribution in [0.25, 0.3) is 0 Å². The van der Waals surface area contributed by atoms with Crippen molar-refractivity contribution in [3.05, 3.63) is 35.4 Å². The van der Waals surface area contributed by atoms with Gasteiger partial charge in [0.05, 0.1) is 0 Å². The van der Waals surface area contributed by atoms with Crippen molar-refractivity contribution >= 4 is 23.1 Å². The van der Waals surface area contributed by atoms with Crippen LogP contribution >= 0.6 is 12.2 Å². The van der Waals surface area contributed by atoms with Gasteiger partial charge in [-0.15, -0.1) is 0 Å². The maximum atomic E-state index is 11.0. The number of benzene rings is 1. The zero-order valence-electron chi connectivity index (χ0n) is 8.78. The molecule has 1 amide bonds. The molecule has 0 spiro atoms. The Morgan fingerprint density at radius 1 is 1.40 bits per heavy atom. The van der Waals surface area contributed by atoms with E-state index < -0.39 is 0 Å². The van der Waals surface area contributed by atoms with E-state index in [9.17, 15) is 4.79 Å². The van der Waals surface area contributed by atoms with E-state index in [1.54, 1.807) is 0 Å². The van der Waals surface area contributed by atoms with Gasteiger partial charge in [-0.1, -0.05) is 42.0 Å². The van der Waals surface area contributed by atoms with Gasteiger partial charge in [0.1, 0.15) is 11.0 Å². The molecule has 3 nitrogen and oxygen atoms in total. The maximum Gasteiger partial charge on any atom is 0.217 e. The Morgan fingerprint density at radius 3 is 2.33 bits per heavy atom. The Morgan fingerprint density at radius 2 is 1.93 bits per heavy atom. The number of carbonyl (C=O) groups is 1. The molecule has 3 N–H and O–H groups in total. The number of nitrogens with one attached hydrogen (secondary N) is 1. The molecule has 0 heterocycles. The van der Waals surface area contributed by atoms with Gasteiger partial charge in [-0.2, -0.15) is 0 Å². The molecule has 1 rings (SSSR count). The van der Waals surface area contributed by atoms with Crippen molar-refractivity contribution in [3.63, 3.8) is 0 Å². The summed E-state index contributed by atoms with van der Waals surface area (Å²) in [4.78, 5) is 11.2. The third-order valence-electron chi connectivity index (χ3n) is 2.04. The highest BCUT2D eigenvalue weighted by atomic mass is 32.1. The predicted octanol–water partition coefficient (Wildman–Crippen LogP) is 1.46. The zero-order chi connectivity index (χ0) is 11.4. The van der Waals surface area contributed by atoms with Gasteiger partial charge in [-0.25, -0.2) is 0 Å². The van der Waals surface area contributed by atoms with Crippen LogP contribution in [0.2, 0.25) is 0 Å². The van der Waals surface area contributed by atoms with E-state index in [1.165, 1.54) is 6.92 Å². The van der Waals surface area contributed by atoms with Crippen LogP contribution in [0.15, 0.2) is 24.3 Å². The summed E-state index contributed by atoms with van der Waals surface area (Å²) in [5.41, 5.74) is 7.63. The van der Waals surface area contributed by atoms with E-state index in [4.69, 9.17) is 18.0 Å². The summed E-state index contributed by atoms with van der Waals surface area (Å²) < 4.78 is 0. The molecule has 1 aromatic rings. The van der Waals surface area contributed by atoms with Crippen LogP contribution in [-0.4, -0.2) is 10.9 Å². The van der Waals surface area contributed by atoms with E-state index in [2.05, 4.69) is 5.32 Å². The van der Waals surface area contributed by atoms with Gasteiger partial charge in [0.25, 0.3) is 0 Å². The average Bonchev–Trinajstić information content (AvgIpc) is 2.15. The lowest BCUT2D eigenvalue weighted by molar-refractivity contribution is -0.119. The smallest absolute Gasteiger partial charge is 0.217 e. The minimum absolute atomic E-state index is 0.145. The average molecular weight is 222 g/mol. The fourth-order valence-electron chi connectivity index (χ4n) is 1.28. The van der Waals surface area contributed by atoms with Gasteiger partial charge >= 0.3 is 0 Å². The number of hydrogen-bond donors (Lipinski definition) is 2. The molecular weight excluding hydrogens is 208 g/mol. The topological polar surface area (TPSA) is 55.1 Å². The maximum absolute atomic E-state index is 11.0. The molecule has 0 radical (unpaired) electrons. The highest BCUT2D eigenvalue weighted by molar-refractivity contribution is 7.80. The van der Waals surface area contributed by atoms with Crippen LogP contribution in [0.5, 0.6) is 0 Å². The van der Waals surface area contributed by atoms with Crippen molar-refractivity contribution in [2.75, 3.05) is 0 Å². The SMILES string of the molecule is CC(=O)NC(C(N)=S)c1ccc(C)cc1. The van der Waals surface area contributed by atoms with Crippen LogP contribution in [0.4, 0.5) is 0 Å². The van der Waals surface area contributed by atoms with Crippen molar-refractivity contribution in [3.8, 4) is 0 Å². The van der Waals surface area contributed by atoms with E-state index in [1.807, 2.05) is 31.2 Å². The summed E-state index contributed by atoms with van der Waals surface area (Å²) in [6.07, 6.45) is 0. The number of amides is 1. The van der Waals surface area contributed by atoms with Gasteiger partial charge in [-0.3, -0.25) is 4.79 Å². The molecule has 80 valence electrons. The van der Waals surface area contributed by atoms with Crippen LogP contribution in [0.3, 0.4) is 0 Å². The van der Waals surface area contributed by atoms with E-state index >= 15 is 0 Å². The summed E-state index contributed by atoms with van der Waals surface area (Å²) in [5.74, 6) is -0.145. The summed E-state index contributed by atoms with van der Waals surface area (Å²) in [5, 5.41) is 2.71. The third kappa shape index (κ3) is 3.32. The van der Waals surface area contributed by atoms with Crippen LogP contribution in [0.1, 0.15) is 24.1 Å². The van der Waals surface area contributed by atoms with Gasteiger partial charge < -0.3 is 11.1 Å². The molecule has 0 bridgehead atoms. The first kappa shape index (κ1) is 11.7. The number of rotatable bonds is 3. The number of thiocarbonyl (C=S) groups is 1. The molecule has 0 aliphatic carbocycles. The standard InChI is InChI=1S/C11H14N2OS/c1-7-3-5-9(6-4-7)10(11(12)15)13-8(2)14/h3-6,10H,1-2H3,(H2,12,15)(H,13,14). The first-order valence-electron chi connectivity index (χ1n) is 4.63. The molecule has 4 heteroatoms. The van der Waals surface area contributed by atoms with Crippen molar-refractivity contribution in [2.45, 2.75) is 19.9 Å². The van der Waals surface area contributed by atoms with Crippen molar-refractivity contribution in [2.24, 2.45) is 5.73 Å². The van der Waals surface area contributed by atoms with Gasteiger partial charge in [0, 0.05) is 6.92 Å². The molecule has 0 aromatic heterocycles. The summed E-state index contributed by atoms with van der Waals surface area (Å²) in [6, 6.07) is 7.37. The molecule has 0 aliphatic heterocycles. The second kappa shape index (κ2) is 4.89. The lowest BCUT2D eigenvalue weighted by Crippen LogP contribution is -2.35. The van der Waals surface area contributed by atoms with Crippen LogP contribution in [0, 0.1) is 6.92 Å². The summed E-state index contributed by atoms with van der Waals surface area (Å²) in [7, 11) is 0.